The van der Waals surface area contributed by atoms with Gasteiger partial charge in [0.2, 0.25) is 0 Å². The number of aliphatic hydroxyl groups is 1. The van der Waals surface area contributed by atoms with E-state index in [4.69, 9.17) is 4.74 Å². The molecule has 2 heterocycles. The molecule has 2 bridgehead atoms. The van der Waals surface area contributed by atoms with E-state index in [2.05, 4.69) is 20.9 Å². The second-order valence-electron chi connectivity index (χ2n) is 7.88. The Balaban J connectivity index is 0.00000169. The third-order valence-electron chi connectivity index (χ3n) is 6.54. The predicted octanol–water partition coefficient (Wildman–Crippen LogP) is 2.61. The predicted molar refractivity (Wildman–Crippen MR) is 107 cm³/mol. The van der Waals surface area contributed by atoms with Gasteiger partial charge in [0, 0.05) is 25.7 Å². The summed E-state index contributed by atoms with van der Waals surface area (Å²) in [6.45, 7) is 4.39. The van der Waals surface area contributed by atoms with Crippen molar-refractivity contribution in [2.24, 2.45) is 0 Å². The smallest absolute Gasteiger partial charge is 0.316 e. The maximum Gasteiger partial charge on any atom is 0.316 e. The molecule has 0 amide bonds. The average Bonchev–Trinajstić information content (AvgIpc) is 2.74. The van der Waals surface area contributed by atoms with E-state index in [1.54, 1.807) is 0 Å². The van der Waals surface area contributed by atoms with Crippen LogP contribution in [0.3, 0.4) is 0 Å². The van der Waals surface area contributed by atoms with Crippen molar-refractivity contribution in [3.63, 3.8) is 0 Å². The fourth-order valence-corrected chi connectivity index (χ4v) is 4.82. The lowest BCUT2D eigenvalue weighted by atomic mass is 9.94. The van der Waals surface area contributed by atoms with Gasteiger partial charge in [-0.3, -0.25) is 4.79 Å². The number of carbonyl (C=O) groups excluding carboxylic acids is 1. The summed E-state index contributed by atoms with van der Waals surface area (Å²) in [5.41, 5.74) is 0.826. The van der Waals surface area contributed by atoms with Gasteiger partial charge in [-0.1, -0.05) is 30.3 Å². The Morgan fingerprint density at radius 1 is 1.19 bits per heavy atom. The zero-order valence-electron chi connectivity index (χ0n) is 15.9. The highest BCUT2D eigenvalue weighted by atomic mass is 79.9. The molecule has 2 fully saturated rings. The minimum atomic E-state index is -0.572. The number of halogens is 1. The van der Waals surface area contributed by atoms with Crippen LogP contribution in [-0.4, -0.2) is 58.9 Å². The number of ether oxygens (including phenoxy) is 1. The van der Waals surface area contributed by atoms with Gasteiger partial charge in [0.25, 0.3) is 0 Å². The third-order valence-corrected chi connectivity index (χ3v) is 6.54. The number of quaternary nitrogens is 1. The number of esters is 1. The number of piperidine rings is 1. The van der Waals surface area contributed by atoms with E-state index < -0.39 is 5.92 Å². The van der Waals surface area contributed by atoms with Gasteiger partial charge in [0.15, 0.2) is 0 Å². The number of hydrogen-bond donors (Lipinski definition) is 1. The standard InChI is InChI=1S/C20H30NO3.BrH.H2O/c1-14(2)21(3)16-9-10-17(21)12-18(11-16)24-20(23)19(13-22)15-7-5-4-6-8-15;;/h4-8,14,16-19,22H,9-13H2,1-3H3;1H;1H2/q+1;;. The molecule has 3 unspecified atom stereocenters. The molecule has 3 rings (SSSR count). The zero-order chi connectivity index (χ0) is 17.3. The van der Waals surface area contributed by atoms with Crippen LogP contribution in [0.1, 0.15) is 51.0 Å². The number of nitrogens with zero attached hydrogens (tertiary/aromatic N) is 1. The average molecular weight is 431 g/mol. The first-order valence-corrected chi connectivity index (χ1v) is 9.18. The van der Waals surface area contributed by atoms with Crippen LogP contribution in [-0.2, 0) is 9.53 Å². The van der Waals surface area contributed by atoms with Crippen LogP contribution < -0.4 is 0 Å². The fraction of sp³-hybridized carbons (Fsp3) is 0.650. The molecular formula is C20H33BrNO4+. The summed E-state index contributed by atoms with van der Waals surface area (Å²) >= 11 is 0. The zero-order valence-corrected chi connectivity index (χ0v) is 17.6. The van der Waals surface area contributed by atoms with E-state index >= 15 is 0 Å². The van der Waals surface area contributed by atoms with E-state index in [1.807, 2.05) is 30.3 Å². The molecule has 3 atom stereocenters. The van der Waals surface area contributed by atoms with Crippen molar-refractivity contribution in [2.75, 3.05) is 13.7 Å². The highest BCUT2D eigenvalue weighted by Gasteiger charge is 2.53. The van der Waals surface area contributed by atoms with E-state index in [-0.39, 0.29) is 41.1 Å². The molecule has 1 aromatic carbocycles. The van der Waals surface area contributed by atoms with E-state index in [0.29, 0.717) is 18.1 Å². The summed E-state index contributed by atoms with van der Waals surface area (Å²) in [5.74, 6) is -0.856. The topological polar surface area (TPSA) is 78.0 Å². The van der Waals surface area contributed by atoms with Gasteiger partial charge in [0.1, 0.15) is 12.0 Å². The maximum atomic E-state index is 12.6. The molecule has 0 aromatic heterocycles. The monoisotopic (exact) mass is 430 g/mol. The van der Waals surface area contributed by atoms with Gasteiger partial charge in [-0.15, -0.1) is 17.0 Å². The van der Waals surface area contributed by atoms with Gasteiger partial charge in [0.05, 0.1) is 31.8 Å². The Morgan fingerprint density at radius 2 is 1.73 bits per heavy atom. The Bertz CT molecular complexity index is 566. The molecule has 5 nitrogen and oxygen atoms in total. The van der Waals surface area contributed by atoms with Gasteiger partial charge >= 0.3 is 5.97 Å². The number of fused-ring (bicyclic) bond motifs is 2. The van der Waals surface area contributed by atoms with Crippen LogP contribution in [0.25, 0.3) is 0 Å². The molecule has 1 aromatic rings. The first-order valence-electron chi connectivity index (χ1n) is 9.18. The van der Waals surface area contributed by atoms with E-state index in [9.17, 15) is 9.90 Å². The third kappa shape index (κ3) is 4.14. The van der Waals surface area contributed by atoms with Crippen molar-refractivity contribution >= 4 is 23.0 Å². The quantitative estimate of drug-likeness (QED) is 0.575. The van der Waals surface area contributed by atoms with Crippen molar-refractivity contribution in [1.82, 2.24) is 0 Å². The van der Waals surface area contributed by atoms with Crippen LogP contribution in [0.2, 0.25) is 0 Å². The van der Waals surface area contributed by atoms with Gasteiger partial charge in [-0.25, -0.2) is 0 Å². The lowest BCUT2D eigenvalue weighted by Gasteiger charge is -2.49. The molecule has 0 spiro atoms. The minimum absolute atomic E-state index is 0. The van der Waals surface area contributed by atoms with Crippen molar-refractivity contribution in [1.29, 1.82) is 0 Å². The number of benzene rings is 1. The van der Waals surface area contributed by atoms with Gasteiger partial charge < -0.3 is 19.8 Å². The van der Waals surface area contributed by atoms with Crippen LogP contribution in [0.4, 0.5) is 0 Å². The molecule has 148 valence electrons. The molecule has 26 heavy (non-hydrogen) atoms. The second-order valence-corrected chi connectivity index (χ2v) is 7.88. The summed E-state index contributed by atoms with van der Waals surface area (Å²) in [5, 5.41) is 9.65. The van der Waals surface area contributed by atoms with Crippen molar-refractivity contribution in [3.8, 4) is 0 Å². The Labute approximate surface area is 167 Å². The maximum absolute atomic E-state index is 12.6. The molecule has 0 saturated carbocycles. The SMILES string of the molecule is Br.CC(C)[N+]1(C)C2CCC1CC(OC(=O)C(CO)c1ccccc1)C2.O. The molecule has 0 aliphatic carbocycles. The number of carbonyl (C=O) groups is 1. The highest BCUT2D eigenvalue weighted by Crippen LogP contribution is 2.44. The van der Waals surface area contributed by atoms with Gasteiger partial charge in [-0.05, 0) is 19.4 Å². The molecule has 3 N–H and O–H groups in total. The van der Waals surface area contributed by atoms with Gasteiger partial charge in [-0.2, -0.15) is 0 Å². The van der Waals surface area contributed by atoms with Crippen LogP contribution >= 0.6 is 17.0 Å². The Kier molecular flexibility index (Phi) is 8.27. The molecule has 6 heteroatoms. The summed E-state index contributed by atoms with van der Waals surface area (Å²) < 4.78 is 6.96. The van der Waals surface area contributed by atoms with Crippen molar-refractivity contribution in [3.05, 3.63) is 35.9 Å². The largest absolute Gasteiger partial charge is 0.461 e. The lowest BCUT2D eigenvalue weighted by molar-refractivity contribution is -0.968. The molecular weight excluding hydrogens is 398 g/mol. The second kappa shape index (κ2) is 9.31. The number of hydrogen-bond acceptors (Lipinski definition) is 3. The Hall–Kier alpha value is -0.950. The highest BCUT2D eigenvalue weighted by molar-refractivity contribution is 8.93. The van der Waals surface area contributed by atoms with Crippen LogP contribution in [0, 0.1) is 0 Å². The number of aliphatic hydroxyl groups excluding tert-OH is 1. The summed E-state index contributed by atoms with van der Waals surface area (Å²) in [6, 6.07) is 11.2. The lowest BCUT2D eigenvalue weighted by Crippen LogP contribution is -2.62. The van der Waals surface area contributed by atoms with Crippen molar-refractivity contribution < 1.29 is 24.6 Å². The summed E-state index contributed by atoms with van der Waals surface area (Å²) in [4.78, 5) is 12.6. The summed E-state index contributed by atoms with van der Waals surface area (Å²) in [7, 11) is 2.37. The molecule has 0 radical (unpaired) electrons. The first kappa shape index (κ1) is 23.1. The minimum Gasteiger partial charge on any atom is -0.461 e. The van der Waals surface area contributed by atoms with E-state index in [0.717, 1.165) is 22.9 Å². The van der Waals surface area contributed by atoms with Crippen molar-refractivity contribution in [2.45, 2.75) is 69.7 Å². The number of rotatable bonds is 5. The first-order chi connectivity index (χ1) is 11.5. The normalized spacial score (nSPS) is 30.9. The fourth-order valence-electron chi connectivity index (χ4n) is 4.82. The van der Waals surface area contributed by atoms with Crippen LogP contribution in [0.5, 0.6) is 0 Å². The van der Waals surface area contributed by atoms with E-state index in [1.165, 1.54) is 12.8 Å². The Morgan fingerprint density at radius 3 is 2.19 bits per heavy atom. The molecule has 2 saturated heterocycles. The molecule has 2 aliphatic heterocycles. The molecule has 2 aliphatic rings. The summed E-state index contributed by atoms with van der Waals surface area (Å²) in [6.07, 6.45) is 4.36. The van der Waals surface area contributed by atoms with Crippen LogP contribution in [0.15, 0.2) is 30.3 Å².